The van der Waals surface area contributed by atoms with E-state index >= 15 is 0 Å². The van der Waals surface area contributed by atoms with Crippen LogP contribution in [-0.2, 0) is 0 Å². The predicted octanol–water partition coefficient (Wildman–Crippen LogP) is 4.26. The molecule has 1 saturated heterocycles. The van der Waals surface area contributed by atoms with Gasteiger partial charge in [-0.15, -0.1) is 0 Å². The molecule has 0 saturated carbocycles. The number of halogens is 1. The zero-order valence-corrected chi connectivity index (χ0v) is 11.6. The van der Waals surface area contributed by atoms with E-state index in [-0.39, 0.29) is 11.8 Å². The molecule has 0 amide bonds. The van der Waals surface area contributed by atoms with Gasteiger partial charge in [0.2, 0.25) is 0 Å². The van der Waals surface area contributed by atoms with Crippen molar-refractivity contribution in [1.29, 1.82) is 0 Å². The maximum Gasteiger partial charge on any atom is 0.131 e. The van der Waals surface area contributed by atoms with Crippen LogP contribution in [0.2, 0.25) is 5.02 Å². The Morgan fingerprint density at radius 3 is 2.70 bits per heavy atom. The van der Waals surface area contributed by atoms with Crippen LogP contribution in [0.15, 0.2) is 42.5 Å². The van der Waals surface area contributed by atoms with Crippen molar-refractivity contribution in [2.45, 2.75) is 11.8 Å². The highest BCUT2D eigenvalue weighted by Crippen LogP contribution is 2.49. The van der Waals surface area contributed by atoms with Gasteiger partial charge in [0.1, 0.15) is 11.5 Å². The summed E-state index contributed by atoms with van der Waals surface area (Å²) in [5.41, 5.74) is 2.06. The lowest BCUT2D eigenvalue weighted by molar-refractivity contribution is 0.401. The van der Waals surface area contributed by atoms with E-state index in [0.29, 0.717) is 18.1 Å². The first-order valence-electron chi connectivity index (χ1n) is 8.25. The van der Waals surface area contributed by atoms with Crippen LogP contribution in [0.1, 0.15) is 27.1 Å². The second-order valence-corrected chi connectivity index (χ2v) is 5.88. The van der Waals surface area contributed by atoms with Gasteiger partial charge in [-0.25, -0.2) is 0 Å². The molecule has 2 aromatic rings. The van der Waals surface area contributed by atoms with Crippen molar-refractivity contribution >= 4 is 11.6 Å². The summed E-state index contributed by atoms with van der Waals surface area (Å²) in [6.07, 6.45) is 0. The Bertz CT molecular complexity index is 762. The van der Waals surface area contributed by atoms with Gasteiger partial charge in [0.25, 0.3) is 0 Å². The third kappa shape index (κ3) is 1.83. The fourth-order valence-electron chi connectivity index (χ4n) is 3.33. The Balaban J connectivity index is 1.87. The molecule has 0 aromatic heterocycles. The molecule has 2 aliphatic heterocycles. The van der Waals surface area contributed by atoms with Crippen LogP contribution in [0.5, 0.6) is 11.5 Å². The van der Waals surface area contributed by atoms with Crippen molar-refractivity contribution in [3.8, 4) is 11.5 Å². The SMILES string of the molecule is [2H]C([2H])([2H])N1CC2c3ccccc3Oc3ccc(Cl)cc3C2C1. The summed E-state index contributed by atoms with van der Waals surface area (Å²) >= 11 is 6.18. The van der Waals surface area contributed by atoms with Gasteiger partial charge in [-0.3, -0.25) is 0 Å². The summed E-state index contributed by atoms with van der Waals surface area (Å²) in [5, 5.41) is 0.643. The summed E-state index contributed by atoms with van der Waals surface area (Å²) in [5.74, 6) is 1.72. The molecule has 102 valence electrons. The maximum atomic E-state index is 7.75. The smallest absolute Gasteiger partial charge is 0.131 e. The average Bonchev–Trinajstić information content (AvgIpc) is 2.90. The number of benzene rings is 2. The third-order valence-corrected chi connectivity index (χ3v) is 4.46. The number of fused-ring (bicyclic) bond motifs is 5. The molecule has 2 atom stereocenters. The number of ether oxygens (including phenoxy) is 1. The summed E-state index contributed by atoms with van der Waals surface area (Å²) in [7, 11) is 0. The van der Waals surface area contributed by atoms with Gasteiger partial charge in [-0.1, -0.05) is 29.8 Å². The van der Waals surface area contributed by atoms with Crippen molar-refractivity contribution in [2.24, 2.45) is 0 Å². The minimum Gasteiger partial charge on any atom is -0.457 e. The molecular formula is C17H16ClNO. The fourth-order valence-corrected chi connectivity index (χ4v) is 3.51. The fraction of sp³-hybridized carbons (Fsp3) is 0.294. The van der Waals surface area contributed by atoms with Gasteiger partial charge in [0.15, 0.2) is 0 Å². The molecule has 0 spiro atoms. The first-order valence-corrected chi connectivity index (χ1v) is 7.12. The first kappa shape index (κ1) is 9.43. The van der Waals surface area contributed by atoms with E-state index in [1.165, 1.54) is 0 Å². The number of hydrogen-bond acceptors (Lipinski definition) is 2. The minimum absolute atomic E-state index is 0.0628. The number of likely N-dealkylation sites (tertiary alicyclic amines) is 1. The Labute approximate surface area is 128 Å². The van der Waals surface area contributed by atoms with Crippen molar-refractivity contribution in [3.05, 3.63) is 58.6 Å². The van der Waals surface area contributed by atoms with Gasteiger partial charge in [-0.05, 0) is 36.8 Å². The van der Waals surface area contributed by atoms with Crippen LogP contribution >= 0.6 is 11.6 Å². The highest BCUT2D eigenvalue weighted by Gasteiger charge is 2.38. The molecule has 0 aliphatic carbocycles. The van der Waals surface area contributed by atoms with E-state index in [1.807, 2.05) is 36.4 Å². The molecule has 3 heteroatoms. The lowest BCUT2D eigenvalue weighted by atomic mass is 9.84. The lowest BCUT2D eigenvalue weighted by Crippen LogP contribution is -2.14. The first-order chi connectivity index (χ1) is 10.9. The molecule has 0 radical (unpaired) electrons. The van der Waals surface area contributed by atoms with Gasteiger partial charge in [0.05, 0.1) is 0 Å². The van der Waals surface area contributed by atoms with E-state index in [2.05, 4.69) is 0 Å². The van der Waals surface area contributed by atoms with E-state index in [0.717, 1.165) is 22.6 Å². The van der Waals surface area contributed by atoms with E-state index in [1.54, 1.807) is 11.0 Å². The van der Waals surface area contributed by atoms with Gasteiger partial charge in [-0.2, -0.15) is 0 Å². The van der Waals surface area contributed by atoms with Crippen molar-refractivity contribution < 1.29 is 8.85 Å². The largest absolute Gasteiger partial charge is 0.457 e. The topological polar surface area (TPSA) is 12.5 Å². The highest BCUT2D eigenvalue weighted by atomic mass is 35.5. The number of para-hydroxylation sites is 1. The van der Waals surface area contributed by atoms with Gasteiger partial charge in [0, 0.05) is 39.6 Å². The Morgan fingerprint density at radius 1 is 1.10 bits per heavy atom. The Morgan fingerprint density at radius 2 is 1.85 bits per heavy atom. The Hall–Kier alpha value is -1.51. The third-order valence-electron chi connectivity index (χ3n) is 4.23. The predicted molar refractivity (Wildman–Crippen MR) is 80.9 cm³/mol. The summed E-state index contributed by atoms with van der Waals surface area (Å²) in [6.45, 7) is -1.11. The standard InChI is InChI=1S/C17H16ClNO/c1-19-9-14-12-4-2-3-5-16(12)20-17-7-6-11(18)8-13(17)15(14)10-19/h2-8,14-15H,9-10H2,1H3/i1D3. The molecule has 1 fully saturated rings. The Kier molecular flexibility index (Phi) is 2.12. The molecule has 2 aliphatic rings. The minimum atomic E-state index is -2.08. The molecule has 4 rings (SSSR count). The van der Waals surface area contributed by atoms with Crippen molar-refractivity contribution in [1.82, 2.24) is 4.90 Å². The molecule has 0 N–H and O–H groups in total. The number of likely N-dealkylation sites (N-methyl/N-ethyl adjacent to an activating group) is 1. The van der Waals surface area contributed by atoms with Crippen LogP contribution in [0.25, 0.3) is 0 Å². The van der Waals surface area contributed by atoms with Crippen LogP contribution in [0.4, 0.5) is 0 Å². The van der Waals surface area contributed by atoms with E-state index < -0.39 is 6.98 Å². The summed E-state index contributed by atoms with van der Waals surface area (Å²) in [4.78, 5) is 1.58. The number of hydrogen-bond donors (Lipinski definition) is 0. The molecule has 0 bridgehead atoms. The normalized spacial score (nSPS) is 27.1. The van der Waals surface area contributed by atoms with Crippen molar-refractivity contribution in [3.63, 3.8) is 0 Å². The van der Waals surface area contributed by atoms with Gasteiger partial charge >= 0.3 is 0 Å². The van der Waals surface area contributed by atoms with Crippen molar-refractivity contribution in [2.75, 3.05) is 20.1 Å². The molecule has 2 aromatic carbocycles. The quantitative estimate of drug-likeness (QED) is 0.718. The lowest BCUT2D eigenvalue weighted by Gasteiger charge is -2.17. The second-order valence-electron chi connectivity index (χ2n) is 5.44. The van der Waals surface area contributed by atoms with E-state index in [9.17, 15) is 0 Å². The van der Waals surface area contributed by atoms with Gasteiger partial charge < -0.3 is 9.64 Å². The van der Waals surface area contributed by atoms with E-state index in [4.69, 9.17) is 20.5 Å². The molecular weight excluding hydrogens is 270 g/mol. The van der Waals surface area contributed by atoms with Crippen LogP contribution in [-0.4, -0.2) is 25.0 Å². The number of nitrogens with zero attached hydrogens (tertiary/aromatic N) is 1. The molecule has 2 unspecified atom stereocenters. The summed E-state index contributed by atoms with van der Waals surface area (Å²) < 4.78 is 29.3. The molecule has 2 heterocycles. The zero-order chi connectivity index (χ0) is 16.2. The highest BCUT2D eigenvalue weighted by molar-refractivity contribution is 6.30. The average molecular weight is 289 g/mol. The monoisotopic (exact) mass is 288 g/mol. The summed E-state index contributed by atoms with van der Waals surface area (Å²) in [6, 6.07) is 13.5. The zero-order valence-electron chi connectivity index (χ0n) is 13.8. The van der Waals surface area contributed by atoms with Crippen LogP contribution in [0, 0.1) is 0 Å². The second kappa shape index (κ2) is 4.51. The number of rotatable bonds is 0. The maximum absolute atomic E-state index is 7.75. The molecule has 20 heavy (non-hydrogen) atoms. The van der Waals surface area contributed by atoms with Crippen LogP contribution < -0.4 is 4.74 Å². The van der Waals surface area contributed by atoms with Crippen LogP contribution in [0.3, 0.4) is 0 Å². The molecule has 2 nitrogen and oxygen atoms in total.